The standard InChI is InChI=1S/C48H76NO12P/c1-3-5-7-8-9-10-11-12-13-14-15-16-17-18-19-23-31-37-46(52)58-39-44(40-59-62(56,57)60-41-45(49)48(54)55)61-47(53)38-32-24-21-20-22-28-34-43(51)36-30-26-25-29-35-42(50)33-27-6-4-2/h6,9-10,12-13,15-16,21-22,24-30,35-36,42-45,50-51H,3-5,7-8,11,14,17-20,23,31-34,37-41,49H2,1-2H3,(H,54,55)(H,56,57)/b10-9-,13-12-,16-15-,24-21-,26-25-,27-6-,28-22-,35-29+,36-30+/t42-,43+,44+,45-/m0/s1. The lowest BCUT2D eigenvalue weighted by atomic mass is 10.1. The Morgan fingerprint density at radius 3 is 1.69 bits per heavy atom. The first-order chi connectivity index (χ1) is 29.9. The van der Waals surface area contributed by atoms with E-state index < -0.39 is 69.9 Å². The first kappa shape index (κ1) is 58.1. The number of allylic oxidation sites excluding steroid dienone is 14. The molecule has 6 N–H and O–H groups in total. The fourth-order valence-corrected chi connectivity index (χ4v) is 5.93. The van der Waals surface area contributed by atoms with Gasteiger partial charge in [0.05, 0.1) is 25.4 Å². The van der Waals surface area contributed by atoms with E-state index in [1.54, 1.807) is 42.5 Å². The van der Waals surface area contributed by atoms with Crippen molar-refractivity contribution in [2.24, 2.45) is 5.73 Å². The van der Waals surface area contributed by atoms with Gasteiger partial charge in [0.25, 0.3) is 0 Å². The lowest BCUT2D eigenvalue weighted by molar-refractivity contribution is -0.161. The van der Waals surface area contributed by atoms with Crippen LogP contribution in [0.4, 0.5) is 0 Å². The van der Waals surface area contributed by atoms with Crippen molar-refractivity contribution in [3.05, 3.63) is 109 Å². The SMILES string of the molecule is CC/C=C\C[C@H](O)/C=C/C=C\C=C\[C@H](O)C/C=C\C/C=C\CCC(=O)O[C@H](COC(=O)CCCCCC/C=C\C/C=C\C/C=C\CCCCC)COP(=O)(O)OC[C@H](N)C(=O)O. The molecule has 0 aliphatic heterocycles. The molecule has 0 spiro atoms. The molecule has 0 amide bonds. The van der Waals surface area contributed by atoms with Crippen molar-refractivity contribution in [2.75, 3.05) is 19.8 Å². The predicted molar refractivity (Wildman–Crippen MR) is 247 cm³/mol. The van der Waals surface area contributed by atoms with E-state index in [2.05, 4.69) is 47.9 Å². The summed E-state index contributed by atoms with van der Waals surface area (Å²) in [5, 5.41) is 28.9. The number of esters is 2. The number of hydrogen-bond acceptors (Lipinski definition) is 11. The van der Waals surface area contributed by atoms with E-state index in [0.717, 1.165) is 51.4 Å². The molecule has 13 nitrogen and oxygen atoms in total. The summed E-state index contributed by atoms with van der Waals surface area (Å²) in [6.45, 7) is 2.36. The third kappa shape index (κ3) is 40.2. The van der Waals surface area contributed by atoms with Gasteiger partial charge in [-0.05, 0) is 77.0 Å². The summed E-state index contributed by atoms with van der Waals surface area (Å²) >= 11 is 0. The highest BCUT2D eigenvalue weighted by Crippen LogP contribution is 2.43. The van der Waals surface area contributed by atoms with E-state index in [9.17, 15) is 34.1 Å². The number of unbranched alkanes of at least 4 members (excludes halogenated alkanes) is 7. The summed E-state index contributed by atoms with van der Waals surface area (Å²) in [7, 11) is -4.78. The first-order valence-electron chi connectivity index (χ1n) is 22.1. The summed E-state index contributed by atoms with van der Waals surface area (Å²) < 4.78 is 32.5. The zero-order valence-electron chi connectivity index (χ0n) is 37.1. The monoisotopic (exact) mass is 890 g/mol. The number of aliphatic hydroxyl groups is 2. The third-order valence-corrected chi connectivity index (χ3v) is 9.64. The van der Waals surface area contributed by atoms with Gasteiger partial charge in [0.15, 0.2) is 6.10 Å². The van der Waals surface area contributed by atoms with E-state index in [-0.39, 0.29) is 12.8 Å². The van der Waals surface area contributed by atoms with Gasteiger partial charge in [0, 0.05) is 12.8 Å². The maximum atomic E-state index is 12.6. The zero-order chi connectivity index (χ0) is 45.9. The highest BCUT2D eigenvalue weighted by atomic mass is 31.2. The van der Waals surface area contributed by atoms with Gasteiger partial charge in [-0.2, -0.15) is 0 Å². The van der Waals surface area contributed by atoms with Crippen LogP contribution < -0.4 is 5.73 Å². The van der Waals surface area contributed by atoms with Crippen LogP contribution in [0.3, 0.4) is 0 Å². The lowest BCUT2D eigenvalue weighted by Gasteiger charge is -2.20. The Balaban J connectivity index is 4.66. The summed E-state index contributed by atoms with van der Waals surface area (Å²) in [4.78, 5) is 46.0. The maximum absolute atomic E-state index is 12.6. The van der Waals surface area contributed by atoms with Crippen molar-refractivity contribution in [1.82, 2.24) is 0 Å². The average Bonchev–Trinajstić information content (AvgIpc) is 3.24. The second-order valence-corrected chi connectivity index (χ2v) is 15.9. The van der Waals surface area contributed by atoms with Crippen LogP contribution in [0.5, 0.6) is 0 Å². The third-order valence-electron chi connectivity index (χ3n) is 8.68. The fourth-order valence-electron chi connectivity index (χ4n) is 5.15. The van der Waals surface area contributed by atoms with Gasteiger partial charge in [-0.15, -0.1) is 0 Å². The highest BCUT2D eigenvalue weighted by Gasteiger charge is 2.28. The number of ether oxygens (including phenoxy) is 2. The van der Waals surface area contributed by atoms with E-state index in [1.807, 2.05) is 37.3 Å². The molecule has 0 aromatic rings. The number of phosphoric acid groups is 1. The van der Waals surface area contributed by atoms with Crippen molar-refractivity contribution in [3.8, 4) is 0 Å². The molecule has 0 aliphatic rings. The van der Waals surface area contributed by atoms with Crippen LogP contribution in [0.25, 0.3) is 0 Å². The molecule has 0 aromatic carbocycles. The number of aliphatic carboxylic acids is 1. The van der Waals surface area contributed by atoms with Crippen molar-refractivity contribution in [1.29, 1.82) is 0 Å². The molecule has 350 valence electrons. The number of phosphoric ester groups is 1. The molecule has 0 radical (unpaired) electrons. The van der Waals surface area contributed by atoms with Crippen LogP contribution in [0.2, 0.25) is 0 Å². The molecule has 0 saturated heterocycles. The summed E-state index contributed by atoms with van der Waals surface area (Å²) in [6.07, 6.45) is 46.6. The van der Waals surface area contributed by atoms with Gasteiger partial charge in [-0.1, -0.05) is 149 Å². The molecule has 1 unspecified atom stereocenters. The number of rotatable bonds is 39. The topological polar surface area (TPSA) is 212 Å². The normalized spacial score (nSPS) is 15.7. The molecule has 14 heteroatoms. The van der Waals surface area contributed by atoms with Crippen molar-refractivity contribution >= 4 is 25.7 Å². The minimum atomic E-state index is -4.78. The van der Waals surface area contributed by atoms with Gasteiger partial charge in [-0.3, -0.25) is 23.4 Å². The number of carboxylic acids is 1. The number of aliphatic hydroxyl groups excluding tert-OH is 2. The molecule has 0 bridgehead atoms. The molecular formula is C48H76NO12P. The van der Waals surface area contributed by atoms with Crippen LogP contribution in [-0.2, 0) is 37.5 Å². The van der Waals surface area contributed by atoms with E-state index >= 15 is 0 Å². The quantitative estimate of drug-likeness (QED) is 0.0128. The summed E-state index contributed by atoms with van der Waals surface area (Å²) in [5.41, 5.74) is 5.32. The van der Waals surface area contributed by atoms with Crippen molar-refractivity contribution in [3.63, 3.8) is 0 Å². The van der Waals surface area contributed by atoms with Gasteiger partial charge < -0.3 is 35.4 Å². The average molecular weight is 890 g/mol. The minimum Gasteiger partial charge on any atom is -0.480 e. The molecule has 62 heavy (non-hydrogen) atoms. The lowest BCUT2D eigenvalue weighted by Crippen LogP contribution is -2.34. The molecule has 0 heterocycles. The Kier molecular flexibility index (Phi) is 38.5. The predicted octanol–water partition coefficient (Wildman–Crippen LogP) is 9.78. The number of carbonyl (C=O) groups excluding carboxylic acids is 2. The van der Waals surface area contributed by atoms with Gasteiger partial charge in [0.1, 0.15) is 12.6 Å². The van der Waals surface area contributed by atoms with Crippen molar-refractivity contribution in [2.45, 2.75) is 154 Å². The molecular weight excluding hydrogens is 813 g/mol. The van der Waals surface area contributed by atoms with Crippen LogP contribution in [0.15, 0.2) is 109 Å². The molecule has 0 fully saturated rings. The van der Waals surface area contributed by atoms with Gasteiger partial charge in [-0.25, -0.2) is 4.57 Å². The van der Waals surface area contributed by atoms with Gasteiger partial charge in [0.2, 0.25) is 0 Å². The Morgan fingerprint density at radius 1 is 0.597 bits per heavy atom. The second-order valence-electron chi connectivity index (χ2n) is 14.5. The summed E-state index contributed by atoms with van der Waals surface area (Å²) in [5.74, 6) is -2.62. The minimum absolute atomic E-state index is 0.0325. The first-order valence-corrected chi connectivity index (χ1v) is 23.6. The van der Waals surface area contributed by atoms with Crippen LogP contribution in [0, 0.1) is 0 Å². The number of carbonyl (C=O) groups is 3. The Labute approximate surface area is 371 Å². The summed E-state index contributed by atoms with van der Waals surface area (Å²) in [6, 6.07) is -1.56. The fraction of sp³-hybridized carbons (Fsp3) is 0.562. The highest BCUT2D eigenvalue weighted by molar-refractivity contribution is 7.47. The largest absolute Gasteiger partial charge is 0.480 e. The van der Waals surface area contributed by atoms with E-state index in [0.29, 0.717) is 32.1 Å². The number of nitrogens with two attached hydrogens (primary N) is 1. The molecule has 0 saturated carbocycles. The Morgan fingerprint density at radius 2 is 1.11 bits per heavy atom. The zero-order valence-corrected chi connectivity index (χ0v) is 38.0. The van der Waals surface area contributed by atoms with E-state index in [4.69, 9.17) is 24.8 Å². The van der Waals surface area contributed by atoms with E-state index in [1.165, 1.54) is 19.3 Å². The maximum Gasteiger partial charge on any atom is 0.472 e. The Hall–Kier alpha value is -3.94. The number of hydrogen-bond donors (Lipinski definition) is 5. The molecule has 0 aromatic heterocycles. The van der Waals surface area contributed by atoms with Crippen LogP contribution >= 0.6 is 7.82 Å². The smallest absolute Gasteiger partial charge is 0.472 e. The second kappa shape index (κ2) is 41.1. The molecule has 5 atom stereocenters. The van der Waals surface area contributed by atoms with Gasteiger partial charge >= 0.3 is 25.7 Å². The van der Waals surface area contributed by atoms with Crippen LogP contribution in [-0.4, -0.2) is 82.3 Å². The Bertz CT molecular complexity index is 1500. The molecule has 0 aliphatic carbocycles. The number of carboxylic acid groups (broad SMARTS) is 1. The molecule has 0 rings (SSSR count). The van der Waals surface area contributed by atoms with Crippen LogP contribution in [0.1, 0.15) is 129 Å². The van der Waals surface area contributed by atoms with Crippen molar-refractivity contribution < 1.29 is 57.7 Å².